The topological polar surface area (TPSA) is 26.0 Å². The average molecular weight is 135 g/mol. The molecule has 10 heavy (non-hydrogen) atoms. The van der Waals surface area contributed by atoms with Gasteiger partial charge in [-0.2, -0.15) is 0 Å². The predicted octanol–water partition coefficient (Wildman–Crippen LogP) is 2.15. The molecule has 0 saturated carbocycles. The van der Waals surface area contributed by atoms with E-state index in [2.05, 4.69) is 13.2 Å². The summed E-state index contributed by atoms with van der Waals surface area (Å²) in [7, 11) is 0. The van der Waals surface area contributed by atoms with Crippen molar-refractivity contribution in [1.82, 2.24) is 0 Å². The Kier molecular flexibility index (Phi) is 4.05. The van der Waals surface area contributed by atoms with Crippen LogP contribution in [0.5, 0.6) is 0 Å². The number of allylic oxidation sites excluding steroid dienone is 4. The highest BCUT2D eigenvalue weighted by Gasteiger charge is 1.87. The van der Waals surface area contributed by atoms with E-state index in [4.69, 9.17) is 5.73 Å². The highest BCUT2D eigenvalue weighted by Crippen LogP contribution is 2.02. The molecule has 0 aromatic carbocycles. The van der Waals surface area contributed by atoms with E-state index in [-0.39, 0.29) is 0 Å². The standard InChI is InChI=1S/C9H13N/c1-4-6-7-9(5-2)8(3)10/h4-7H,1,3,10H2,2H3/b7-6-,9-5+. The lowest BCUT2D eigenvalue weighted by Gasteiger charge is -1.96. The van der Waals surface area contributed by atoms with Gasteiger partial charge in [-0.1, -0.05) is 37.5 Å². The van der Waals surface area contributed by atoms with E-state index in [9.17, 15) is 0 Å². The smallest absolute Gasteiger partial charge is 0.0311 e. The summed E-state index contributed by atoms with van der Waals surface area (Å²) in [6.45, 7) is 9.06. The van der Waals surface area contributed by atoms with Gasteiger partial charge in [-0.25, -0.2) is 0 Å². The minimum absolute atomic E-state index is 0.584. The molecule has 0 aromatic rings. The summed E-state index contributed by atoms with van der Waals surface area (Å²) in [5.74, 6) is 0. The molecule has 0 saturated heterocycles. The van der Waals surface area contributed by atoms with Crippen LogP contribution in [0.3, 0.4) is 0 Å². The third kappa shape index (κ3) is 2.92. The average Bonchev–Trinajstić information content (AvgIpc) is 1.89. The molecule has 0 radical (unpaired) electrons. The Bertz CT molecular complexity index is 185. The Hall–Kier alpha value is -1.24. The molecule has 0 aromatic heterocycles. The van der Waals surface area contributed by atoms with Gasteiger partial charge < -0.3 is 5.73 Å². The van der Waals surface area contributed by atoms with E-state index < -0.39 is 0 Å². The molecule has 1 nitrogen and oxygen atoms in total. The third-order valence-electron chi connectivity index (χ3n) is 1.09. The zero-order valence-corrected chi connectivity index (χ0v) is 6.30. The van der Waals surface area contributed by atoms with Crippen molar-refractivity contribution in [3.05, 3.63) is 48.7 Å². The molecule has 0 heterocycles. The fourth-order valence-corrected chi connectivity index (χ4v) is 0.560. The first-order valence-electron chi connectivity index (χ1n) is 3.12. The highest BCUT2D eigenvalue weighted by molar-refractivity contribution is 5.36. The molecule has 0 atom stereocenters. The van der Waals surface area contributed by atoms with Crippen LogP contribution in [0.4, 0.5) is 0 Å². The van der Waals surface area contributed by atoms with Gasteiger partial charge in [0, 0.05) is 5.70 Å². The van der Waals surface area contributed by atoms with Gasteiger partial charge in [0.05, 0.1) is 0 Å². The Labute approximate surface area is 62.2 Å². The lowest BCUT2D eigenvalue weighted by atomic mass is 10.2. The van der Waals surface area contributed by atoms with Crippen molar-refractivity contribution in [3.63, 3.8) is 0 Å². The second-order valence-electron chi connectivity index (χ2n) is 1.86. The van der Waals surface area contributed by atoms with Crippen molar-refractivity contribution < 1.29 is 0 Å². The van der Waals surface area contributed by atoms with Crippen molar-refractivity contribution in [1.29, 1.82) is 0 Å². The molecule has 2 N–H and O–H groups in total. The Morgan fingerprint density at radius 1 is 1.50 bits per heavy atom. The summed E-state index contributed by atoms with van der Waals surface area (Å²) < 4.78 is 0. The van der Waals surface area contributed by atoms with E-state index in [0.29, 0.717) is 5.70 Å². The molecule has 54 valence electrons. The maximum absolute atomic E-state index is 5.44. The summed E-state index contributed by atoms with van der Waals surface area (Å²) in [6, 6.07) is 0. The van der Waals surface area contributed by atoms with E-state index in [0.717, 1.165) is 5.57 Å². The van der Waals surface area contributed by atoms with Gasteiger partial charge in [0.25, 0.3) is 0 Å². The lowest BCUT2D eigenvalue weighted by Crippen LogP contribution is -1.95. The molecular formula is C9H13N. The molecule has 1 heteroatoms. The second-order valence-corrected chi connectivity index (χ2v) is 1.86. The van der Waals surface area contributed by atoms with Crippen LogP contribution in [-0.2, 0) is 0 Å². The lowest BCUT2D eigenvalue weighted by molar-refractivity contribution is 1.36. The van der Waals surface area contributed by atoms with Crippen molar-refractivity contribution in [3.8, 4) is 0 Å². The predicted molar refractivity (Wildman–Crippen MR) is 46.4 cm³/mol. The number of hydrogen-bond acceptors (Lipinski definition) is 1. The highest BCUT2D eigenvalue weighted by atomic mass is 14.6. The van der Waals surface area contributed by atoms with Crippen LogP contribution in [0.15, 0.2) is 48.7 Å². The Morgan fingerprint density at radius 3 is 2.40 bits per heavy atom. The van der Waals surface area contributed by atoms with Crippen LogP contribution in [0.2, 0.25) is 0 Å². The van der Waals surface area contributed by atoms with Crippen molar-refractivity contribution >= 4 is 0 Å². The number of nitrogens with two attached hydrogens (primary N) is 1. The summed E-state index contributed by atoms with van der Waals surface area (Å²) in [6.07, 6.45) is 7.30. The fourth-order valence-electron chi connectivity index (χ4n) is 0.560. The molecule has 0 amide bonds. The van der Waals surface area contributed by atoms with Gasteiger partial charge in [-0.05, 0) is 12.5 Å². The van der Waals surface area contributed by atoms with Gasteiger partial charge >= 0.3 is 0 Å². The largest absolute Gasteiger partial charge is 0.399 e. The molecule has 0 aliphatic heterocycles. The van der Waals surface area contributed by atoms with Crippen LogP contribution in [0.1, 0.15) is 6.92 Å². The zero-order chi connectivity index (χ0) is 7.98. The minimum Gasteiger partial charge on any atom is -0.399 e. The summed E-state index contributed by atoms with van der Waals surface area (Å²) >= 11 is 0. The van der Waals surface area contributed by atoms with Crippen LogP contribution >= 0.6 is 0 Å². The van der Waals surface area contributed by atoms with Crippen LogP contribution in [0, 0.1) is 0 Å². The van der Waals surface area contributed by atoms with Crippen LogP contribution < -0.4 is 5.73 Å². The zero-order valence-electron chi connectivity index (χ0n) is 6.30. The van der Waals surface area contributed by atoms with Gasteiger partial charge in [0.15, 0.2) is 0 Å². The first-order valence-corrected chi connectivity index (χ1v) is 3.12. The first kappa shape index (κ1) is 8.76. The second kappa shape index (κ2) is 4.62. The van der Waals surface area contributed by atoms with E-state index in [1.54, 1.807) is 6.08 Å². The molecule has 0 unspecified atom stereocenters. The number of hydrogen-bond donors (Lipinski definition) is 1. The molecule has 0 bridgehead atoms. The summed E-state index contributed by atoms with van der Waals surface area (Å²) in [5.41, 5.74) is 6.97. The molecule has 0 aliphatic carbocycles. The Balaban J connectivity index is 4.25. The van der Waals surface area contributed by atoms with Crippen molar-refractivity contribution in [2.75, 3.05) is 0 Å². The van der Waals surface area contributed by atoms with E-state index in [1.165, 1.54) is 0 Å². The van der Waals surface area contributed by atoms with Crippen LogP contribution in [0.25, 0.3) is 0 Å². The molecule has 0 fully saturated rings. The van der Waals surface area contributed by atoms with Gasteiger partial charge in [0.1, 0.15) is 0 Å². The summed E-state index contributed by atoms with van der Waals surface area (Å²) in [5, 5.41) is 0. The van der Waals surface area contributed by atoms with E-state index in [1.807, 2.05) is 25.2 Å². The molecule has 0 rings (SSSR count). The monoisotopic (exact) mass is 135 g/mol. The van der Waals surface area contributed by atoms with Gasteiger partial charge in [-0.3, -0.25) is 0 Å². The third-order valence-corrected chi connectivity index (χ3v) is 1.09. The normalized spacial score (nSPS) is 11.9. The van der Waals surface area contributed by atoms with Crippen molar-refractivity contribution in [2.24, 2.45) is 5.73 Å². The van der Waals surface area contributed by atoms with Gasteiger partial charge in [0.2, 0.25) is 0 Å². The molecule has 0 aliphatic rings. The quantitative estimate of drug-likeness (QED) is 0.589. The van der Waals surface area contributed by atoms with E-state index >= 15 is 0 Å². The maximum Gasteiger partial charge on any atom is 0.0311 e. The molecule has 0 spiro atoms. The SMILES string of the molecule is C=C/C=C\C(=C/C)C(=C)N. The van der Waals surface area contributed by atoms with Gasteiger partial charge in [-0.15, -0.1) is 0 Å². The Morgan fingerprint density at radius 2 is 2.10 bits per heavy atom. The number of rotatable bonds is 3. The first-order chi connectivity index (χ1) is 4.72. The maximum atomic E-state index is 5.44. The minimum atomic E-state index is 0.584. The summed E-state index contributed by atoms with van der Waals surface area (Å²) in [4.78, 5) is 0. The van der Waals surface area contributed by atoms with Crippen molar-refractivity contribution in [2.45, 2.75) is 6.92 Å². The fraction of sp³-hybridized carbons (Fsp3) is 0.111. The van der Waals surface area contributed by atoms with Crippen LogP contribution in [-0.4, -0.2) is 0 Å². The molecular weight excluding hydrogens is 122 g/mol.